The summed E-state index contributed by atoms with van der Waals surface area (Å²) in [5, 5.41) is 9.14. The first-order valence-corrected chi connectivity index (χ1v) is 13.2. The first kappa shape index (κ1) is 28.2. The van der Waals surface area contributed by atoms with Gasteiger partial charge in [-0.25, -0.2) is 4.79 Å². The molecule has 6 nitrogen and oxygen atoms in total. The van der Waals surface area contributed by atoms with Crippen LogP contribution >= 0.6 is 0 Å². The highest BCUT2D eigenvalue weighted by atomic mass is 16.7. The summed E-state index contributed by atoms with van der Waals surface area (Å²) >= 11 is 0. The highest BCUT2D eigenvalue weighted by Crippen LogP contribution is 2.50. The standard InChI is InChI=1S/C33H38O6/c1-32(2)14-15-33(3,4)28-19-30(38-20-23-8-7-9-24(16-23)39-21-36-5)26(18-27(28)32)25-17-22(11-13-31(34)35)10-12-29(25)37-6/h7-13,16-19H,14-15,20-21H2,1-6H3,(H,34,35). The molecule has 1 aliphatic carbocycles. The van der Waals surface area contributed by atoms with Crippen molar-refractivity contribution in [2.24, 2.45) is 0 Å². The Kier molecular flexibility index (Phi) is 8.36. The van der Waals surface area contributed by atoms with Crippen LogP contribution in [0.5, 0.6) is 17.2 Å². The van der Waals surface area contributed by atoms with Crippen LogP contribution in [0.1, 0.15) is 62.8 Å². The molecular weight excluding hydrogens is 492 g/mol. The lowest BCUT2D eigenvalue weighted by atomic mass is 9.62. The van der Waals surface area contributed by atoms with Crippen molar-refractivity contribution in [2.45, 2.75) is 58.0 Å². The third kappa shape index (κ3) is 6.45. The van der Waals surface area contributed by atoms with Crippen molar-refractivity contribution in [1.29, 1.82) is 0 Å². The van der Waals surface area contributed by atoms with Crippen molar-refractivity contribution in [1.82, 2.24) is 0 Å². The highest BCUT2D eigenvalue weighted by molar-refractivity contribution is 5.86. The summed E-state index contributed by atoms with van der Waals surface area (Å²) in [7, 11) is 3.23. The average molecular weight is 531 g/mol. The van der Waals surface area contributed by atoms with Crippen LogP contribution in [0.3, 0.4) is 0 Å². The zero-order chi connectivity index (χ0) is 28.2. The Morgan fingerprint density at radius 1 is 0.872 bits per heavy atom. The highest BCUT2D eigenvalue weighted by Gasteiger charge is 2.38. The number of carboxylic acids is 1. The van der Waals surface area contributed by atoms with Crippen molar-refractivity contribution in [3.05, 3.63) is 82.9 Å². The molecule has 0 aliphatic heterocycles. The van der Waals surface area contributed by atoms with Crippen molar-refractivity contribution < 1.29 is 28.8 Å². The van der Waals surface area contributed by atoms with Gasteiger partial charge in [0.25, 0.3) is 0 Å². The van der Waals surface area contributed by atoms with Crippen LogP contribution in [-0.4, -0.2) is 32.1 Å². The zero-order valence-electron chi connectivity index (χ0n) is 23.7. The lowest BCUT2D eigenvalue weighted by molar-refractivity contribution is -0.131. The third-order valence-corrected chi connectivity index (χ3v) is 7.52. The van der Waals surface area contributed by atoms with E-state index in [4.69, 9.17) is 24.1 Å². The second-order valence-corrected chi connectivity index (χ2v) is 11.3. The predicted molar refractivity (Wildman–Crippen MR) is 154 cm³/mol. The van der Waals surface area contributed by atoms with Gasteiger partial charge in [0.15, 0.2) is 6.79 Å². The molecule has 0 heterocycles. The molecule has 0 atom stereocenters. The van der Waals surface area contributed by atoms with Gasteiger partial charge in [-0.15, -0.1) is 0 Å². The van der Waals surface area contributed by atoms with Gasteiger partial charge in [-0.1, -0.05) is 45.9 Å². The number of fused-ring (bicyclic) bond motifs is 1. The number of benzene rings is 3. The van der Waals surface area contributed by atoms with Gasteiger partial charge in [0.1, 0.15) is 23.9 Å². The topological polar surface area (TPSA) is 74.2 Å². The van der Waals surface area contributed by atoms with E-state index in [9.17, 15) is 4.79 Å². The van der Waals surface area contributed by atoms with Crippen LogP contribution in [0.15, 0.2) is 60.7 Å². The molecule has 0 aromatic heterocycles. The Hall–Kier alpha value is -3.77. The average Bonchev–Trinajstić information content (AvgIpc) is 2.92. The van der Waals surface area contributed by atoms with E-state index >= 15 is 0 Å². The lowest BCUT2D eigenvalue weighted by Crippen LogP contribution is -2.33. The van der Waals surface area contributed by atoms with Gasteiger partial charge in [-0.3, -0.25) is 0 Å². The summed E-state index contributed by atoms with van der Waals surface area (Å²) in [5.74, 6) is 1.16. The Labute approximate surface area is 231 Å². The minimum Gasteiger partial charge on any atom is -0.496 e. The minimum absolute atomic E-state index is 0.000786. The van der Waals surface area contributed by atoms with E-state index < -0.39 is 5.97 Å². The summed E-state index contributed by atoms with van der Waals surface area (Å²) in [6.07, 6.45) is 4.89. The summed E-state index contributed by atoms with van der Waals surface area (Å²) in [5.41, 5.74) is 6.08. The number of methoxy groups -OCH3 is 2. The molecule has 39 heavy (non-hydrogen) atoms. The van der Waals surface area contributed by atoms with Gasteiger partial charge >= 0.3 is 5.97 Å². The predicted octanol–water partition coefficient (Wildman–Crippen LogP) is 7.37. The number of carboxylic acid groups (broad SMARTS) is 1. The molecule has 1 aliphatic rings. The van der Waals surface area contributed by atoms with Gasteiger partial charge in [-0.05, 0) is 88.4 Å². The Balaban J connectivity index is 1.84. The first-order valence-electron chi connectivity index (χ1n) is 13.2. The van der Waals surface area contributed by atoms with E-state index in [1.807, 2.05) is 42.5 Å². The van der Waals surface area contributed by atoms with E-state index in [0.29, 0.717) is 18.1 Å². The second kappa shape index (κ2) is 11.5. The van der Waals surface area contributed by atoms with Gasteiger partial charge in [-0.2, -0.15) is 0 Å². The molecule has 0 bridgehead atoms. The molecule has 0 radical (unpaired) electrons. The SMILES string of the molecule is COCOc1cccc(COc2cc3c(cc2-c2cc(C=CC(=O)O)ccc2OC)C(C)(C)CCC3(C)C)c1. The fourth-order valence-corrected chi connectivity index (χ4v) is 5.14. The van der Waals surface area contributed by atoms with Crippen LogP contribution in [0.4, 0.5) is 0 Å². The molecule has 0 spiro atoms. The largest absolute Gasteiger partial charge is 0.496 e. The van der Waals surface area contributed by atoms with Crippen LogP contribution in [-0.2, 0) is 27.0 Å². The first-order chi connectivity index (χ1) is 18.5. The smallest absolute Gasteiger partial charge is 0.328 e. The lowest BCUT2D eigenvalue weighted by Gasteiger charge is -2.42. The molecule has 0 saturated carbocycles. The number of rotatable bonds is 10. The number of hydrogen-bond donors (Lipinski definition) is 1. The zero-order valence-corrected chi connectivity index (χ0v) is 23.7. The quantitative estimate of drug-likeness (QED) is 0.218. The Morgan fingerprint density at radius 3 is 2.23 bits per heavy atom. The van der Waals surface area contributed by atoms with Gasteiger partial charge in [0, 0.05) is 24.3 Å². The molecule has 3 aromatic carbocycles. The molecule has 0 saturated heterocycles. The second-order valence-electron chi connectivity index (χ2n) is 11.3. The number of ether oxygens (including phenoxy) is 4. The maximum atomic E-state index is 11.2. The Bertz CT molecular complexity index is 1370. The maximum absolute atomic E-state index is 11.2. The summed E-state index contributed by atoms with van der Waals surface area (Å²) in [6, 6.07) is 17.9. The van der Waals surface area contributed by atoms with Crippen molar-refractivity contribution in [3.63, 3.8) is 0 Å². The van der Waals surface area contributed by atoms with Crippen LogP contribution < -0.4 is 14.2 Å². The number of hydrogen-bond acceptors (Lipinski definition) is 5. The molecule has 4 rings (SSSR count). The van der Waals surface area contributed by atoms with Crippen molar-refractivity contribution in [3.8, 4) is 28.4 Å². The molecule has 0 unspecified atom stereocenters. The molecule has 6 heteroatoms. The van der Waals surface area contributed by atoms with Gasteiger partial charge in [0.05, 0.1) is 7.11 Å². The monoisotopic (exact) mass is 530 g/mol. The van der Waals surface area contributed by atoms with Crippen LogP contribution in [0.2, 0.25) is 0 Å². The van der Waals surface area contributed by atoms with Gasteiger partial charge in [0.2, 0.25) is 0 Å². The van der Waals surface area contributed by atoms with Crippen molar-refractivity contribution in [2.75, 3.05) is 21.0 Å². The van der Waals surface area contributed by atoms with E-state index in [1.54, 1.807) is 20.3 Å². The van der Waals surface area contributed by atoms with E-state index in [0.717, 1.165) is 46.9 Å². The fourth-order valence-electron chi connectivity index (χ4n) is 5.14. The molecule has 0 fully saturated rings. The van der Waals surface area contributed by atoms with E-state index in [2.05, 4.69) is 39.8 Å². The maximum Gasteiger partial charge on any atom is 0.328 e. The molecule has 206 valence electrons. The number of carbonyl (C=O) groups is 1. The molecular formula is C33H38O6. The normalized spacial score (nSPS) is 15.5. The van der Waals surface area contributed by atoms with E-state index in [-0.39, 0.29) is 17.6 Å². The summed E-state index contributed by atoms with van der Waals surface area (Å²) < 4.78 is 22.9. The van der Waals surface area contributed by atoms with E-state index in [1.165, 1.54) is 11.1 Å². The van der Waals surface area contributed by atoms with Crippen LogP contribution in [0, 0.1) is 0 Å². The van der Waals surface area contributed by atoms with Crippen molar-refractivity contribution >= 4 is 12.0 Å². The Morgan fingerprint density at radius 2 is 1.56 bits per heavy atom. The summed E-state index contributed by atoms with van der Waals surface area (Å²) in [6.45, 7) is 9.69. The van der Waals surface area contributed by atoms with Crippen LogP contribution in [0.25, 0.3) is 17.2 Å². The molecule has 3 aromatic rings. The number of aliphatic carboxylic acids is 1. The third-order valence-electron chi connectivity index (χ3n) is 7.52. The fraction of sp³-hybridized carbons (Fsp3) is 0.364. The minimum atomic E-state index is -0.995. The summed E-state index contributed by atoms with van der Waals surface area (Å²) in [4.78, 5) is 11.2. The molecule has 0 amide bonds. The molecule has 1 N–H and O–H groups in total. The van der Waals surface area contributed by atoms with Gasteiger partial charge < -0.3 is 24.1 Å².